The highest BCUT2D eigenvalue weighted by Crippen LogP contribution is 2.26. The van der Waals surface area contributed by atoms with E-state index in [-0.39, 0.29) is 0 Å². The molecule has 1 fully saturated rings. The van der Waals surface area contributed by atoms with Crippen molar-refractivity contribution in [1.29, 1.82) is 0 Å². The van der Waals surface area contributed by atoms with E-state index in [0.717, 1.165) is 47.2 Å². The maximum Gasteiger partial charge on any atom is 0.150 e. The van der Waals surface area contributed by atoms with E-state index >= 15 is 0 Å². The molecular formula is C29H34N2O. The van der Waals surface area contributed by atoms with Crippen molar-refractivity contribution in [2.75, 3.05) is 38.1 Å². The van der Waals surface area contributed by atoms with Crippen LogP contribution in [-0.4, -0.2) is 44.4 Å². The van der Waals surface area contributed by atoms with Crippen LogP contribution in [0.2, 0.25) is 0 Å². The van der Waals surface area contributed by atoms with Gasteiger partial charge in [0, 0.05) is 37.4 Å². The maximum absolute atomic E-state index is 11.4. The number of aryl methyl sites for hydroxylation is 2. The van der Waals surface area contributed by atoms with Crippen LogP contribution in [0.15, 0.2) is 78.9 Å². The van der Waals surface area contributed by atoms with E-state index in [1.165, 1.54) is 24.3 Å². The predicted octanol–water partition coefficient (Wildman–Crippen LogP) is 5.87. The number of rotatable bonds is 4. The number of benzene rings is 3. The van der Waals surface area contributed by atoms with Gasteiger partial charge in [0.05, 0.1) is 0 Å². The number of hydrogen-bond donors (Lipinski definition) is 0. The van der Waals surface area contributed by atoms with Crippen LogP contribution in [0.1, 0.15) is 29.2 Å². The predicted molar refractivity (Wildman–Crippen MR) is 137 cm³/mol. The minimum atomic E-state index is 0.763. The van der Waals surface area contributed by atoms with Gasteiger partial charge in [0.15, 0.2) is 6.29 Å². The normalized spacial score (nSPS) is 14.8. The van der Waals surface area contributed by atoms with Crippen molar-refractivity contribution in [3.63, 3.8) is 0 Å². The molecule has 0 unspecified atom stereocenters. The lowest BCUT2D eigenvalue weighted by Gasteiger charge is -2.34. The Hall–Kier alpha value is -3.17. The number of nitrogens with zero attached hydrogens (tertiary/aromatic N) is 2. The number of carbonyl (C=O) groups is 1. The molecule has 0 N–H and O–H groups in total. The molecule has 0 aromatic heterocycles. The van der Waals surface area contributed by atoms with E-state index < -0.39 is 0 Å². The molecule has 3 heteroatoms. The number of likely N-dealkylation sites (N-methyl/N-ethyl adjacent to an activating group) is 1. The summed E-state index contributed by atoms with van der Waals surface area (Å²) in [5, 5.41) is 0. The highest BCUT2D eigenvalue weighted by atomic mass is 16.1. The van der Waals surface area contributed by atoms with Crippen LogP contribution in [0.3, 0.4) is 0 Å². The Labute approximate surface area is 193 Å². The molecule has 3 aromatic carbocycles. The van der Waals surface area contributed by atoms with Crippen molar-refractivity contribution in [3.05, 3.63) is 101 Å². The number of anilines is 1. The fourth-order valence-corrected chi connectivity index (χ4v) is 3.96. The van der Waals surface area contributed by atoms with Gasteiger partial charge in [0.2, 0.25) is 0 Å². The zero-order valence-electron chi connectivity index (χ0n) is 19.7. The first-order valence-electron chi connectivity index (χ1n) is 11.3. The first kappa shape index (κ1) is 23.5. The van der Waals surface area contributed by atoms with Gasteiger partial charge in [-0.05, 0) is 67.8 Å². The third kappa shape index (κ3) is 6.18. The van der Waals surface area contributed by atoms with Crippen molar-refractivity contribution in [3.8, 4) is 0 Å². The molecule has 0 aliphatic carbocycles. The number of carbonyl (C=O) groups excluding carboxylic acids is 1. The van der Waals surface area contributed by atoms with Crippen LogP contribution >= 0.6 is 0 Å². The molecule has 0 atom stereocenters. The zero-order chi connectivity index (χ0) is 22.9. The topological polar surface area (TPSA) is 23.6 Å². The number of allylic oxidation sites excluding steroid dienone is 2. The minimum absolute atomic E-state index is 0.763. The second kappa shape index (κ2) is 11.4. The van der Waals surface area contributed by atoms with Crippen molar-refractivity contribution in [2.24, 2.45) is 0 Å². The summed E-state index contributed by atoms with van der Waals surface area (Å²) in [6.07, 6.45) is 0.949. The molecule has 1 saturated heterocycles. The molecule has 4 rings (SSSR count). The molecular weight excluding hydrogens is 392 g/mol. The van der Waals surface area contributed by atoms with Gasteiger partial charge in [-0.3, -0.25) is 4.79 Å². The molecule has 32 heavy (non-hydrogen) atoms. The standard InChI is InChI=1S/C17H16O.C12H18N2/c1-13-8-6-7-11-16(13)17(12-18)14(2)15-9-4-3-5-10-15;1-11-4-3-5-12(10-11)14-8-6-13(2)7-9-14/h3-12H,1-2H3;3-5,10H,6-9H2,1-2H3/b17-14+;. The number of hydrogen-bond acceptors (Lipinski definition) is 3. The lowest BCUT2D eigenvalue weighted by atomic mass is 9.94. The van der Waals surface area contributed by atoms with Crippen molar-refractivity contribution in [2.45, 2.75) is 20.8 Å². The van der Waals surface area contributed by atoms with Crippen LogP contribution in [0.4, 0.5) is 5.69 Å². The largest absolute Gasteiger partial charge is 0.369 e. The lowest BCUT2D eigenvalue weighted by molar-refractivity contribution is -0.103. The van der Waals surface area contributed by atoms with Gasteiger partial charge in [0.1, 0.15) is 0 Å². The van der Waals surface area contributed by atoms with Gasteiger partial charge in [0.25, 0.3) is 0 Å². The minimum Gasteiger partial charge on any atom is -0.369 e. The van der Waals surface area contributed by atoms with E-state index in [9.17, 15) is 4.79 Å². The average Bonchev–Trinajstić information content (AvgIpc) is 2.82. The van der Waals surface area contributed by atoms with Crippen LogP contribution in [0.5, 0.6) is 0 Å². The second-order valence-corrected chi connectivity index (χ2v) is 8.47. The SMILES string of the molecule is C/C(=C(/C=O)c1ccccc1C)c1ccccc1.Cc1cccc(N2CCN(C)CC2)c1. The smallest absolute Gasteiger partial charge is 0.150 e. The monoisotopic (exact) mass is 426 g/mol. The van der Waals surface area contributed by atoms with Crippen LogP contribution in [-0.2, 0) is 4.79 Å². The Balaban J connectivity index is 0.000000186. The van der Waals surface area contributed by atoms with Crippen molar-refractivity contribution in [1.82, 2.24) is 4.90 Å². The first-order valence-corrected chi connectivity index (χ1v) is 11.3. The summed E-state index contributed by atoms with van der Waals surface area (Å²) in [7, 11) is 2.19. The third-order valence-corrected chi connectivity index (χ3v) is 6.03. The van der Waals surface area contributed by atoms with Gasteiger partial charge in [-0.2, -0.15) is 0 Å². The summed E-state index contributed by atoms with van der Waals surface area (Å²) in [4.78, 5) is 16.3. The Morgan fingerprint density at radius 3 is 2.09 bits per heavy atom. The molecule has 1 aliphatic heterocycles. The average molecular weight is 427 g/mol. The lowest BCUT2D eigenvalue weighted by Crippen LogP contribution is -2.44. The Morgan fingerprint density at radius 1 is 0.812 bits per heavy atom. The molecule has 3 nitrogen and oxygen atoms in total. The summed E-state index contributed by atoms with van der Waals surface area (Å²) in [6, 6.07) is 26.7. The molecule has 1 aliphatic rings. The molecule has 0 spiro atoms. The maximum atomic E-state index is 11.4. The van der Waals surface area contributed by atoms with Crippen molar-refractivity contribution < 1.29 is 4.79 Å². The molecule has 0 bridgehead atoms. The summed E-state index contributed by atoms with van der Waals surface area (Å²) >= 11 is 0. The summed E-state index contributed by atoms with van der Waals surface area (Å²) in [5.41, 5.74) is 7.71. The summed E-state index contributed by atoms with van der Waals surface area (Å²) in [6.45, 7) is 10.8. The first-order chi connectivity index (χ1) is 15.5. The summed E-state index contributed by atoms with van der Waals surface area (Å²) in [5.74, 6) is 0. The van der Waals surface area contributed by atoms with Gasteiger partial charge >= 0.3 is 0 Å². The van der Waals surface area contributed by atoms with Gasteiger partial charge in [-0.1, -0.05) is 66.7 Å². The highest BCUT2D eigenvalue weighted by Gasteiger charge is 2.13. The van der Waals surface area contributed by atoms with Gasteiger partial charge in [-0.15, -0.1) is 0 Å². The third-order valence-electron chi connectivity index (χ3n) is 6.03. The fraction of sp³-hybridized carbons (Fsp3) is 0.276. The Bertz CT molecular complexity index is 1050. The Kier molecular flexibility index (Phi) is 8.41. The number of piperazine rings is 1. The molecule has 1 heterocycles. The fourth-order valence-electron chi connectivity index (χ4n) is 3.96. The summed E-state index contributed by atoms with van der Waals surface area (Å²) < 4.78 is 0. The van der Waals surface area contributed by atoms with Gasteiger partial charge < -0.3 is 9.80 Å². The van der Waals surface area contributed by atoms with E-state index in [0.29, 0.717) is 0 Å². The Morgan fingerprint density at radius 2 is 1.47 bits per heavy atom. The van der Waals surface area contributed by atoms with E-state index in [4.69, 9.17) is 0 Å². The van der Waals surface area contributed by atoms with Crippen LogP contribution in [0, 0.1) is 13.8 Å². The quantitative estimate of drug-likeness (QED) is 0.296. The molecule has 0 radical (unpaired) electrons. The van der Waals surface area contributed by atoms with E-state index in [2.05, 4.69) is 48.0 Å². The molecule has 0 saturated carbocycles. The highest BCUT2D eigenvalue weighted by molar-refractivity contribution is 6.17. The number of aldehydes is 1. The van der Waals surface area contributed by atoms with E-state index in [1.54, 1.807) is 0 Å². The molecule has 166 valence electrons. The zero-order valence-corrected chi connectivity index (χ0v) is 19.7. The van der Waals surface area contributed by atoms with E-state index in [1.807, 2.05) is 68.4 Å². The van der Waals surface area contributed by atoms with Crippen LogP contribution < -0.4 is 4.90 Å². The molecule has 0 amide bonds. The van der Waals surface area contributed by atoms with Gasteiger partial charge in [-0.25, -0.2) is 0 Å². The van der Waals surface area contributed by atoms with Crippen molar-refractivity contribution >= 4 is 23.1 Å². The second-order valence-electron chi connectivity index (χ2n) is 8.47. The molecule has 3 aromatic rings. The van der Waals surface area contributed by atoms with Crippen LogP contribution in [0.25, 0.3) is 11.1 Å².